The van der Waals surface area contributed by atoms with Crippen LogP contribution in [0, 0.1) is 23.7 Å². The van der Waals surface area contributed by atoms with Crippen molar-refractivity contribution in [3.05, 3.63) is 39.9 Å². The van der Waals surface area contributed by atoms with Crippen molar-refractivity contribution in [3.63, 3.8) is 0 Å². The third-order valence-corrected chi connectivity index (χ3v) is 8.29. The van der Waals surface area contributed by atoms with Gasteiger partial charge < -0.3 is 11.1 Å². The second kappa shape index (κ2) is 5.97. The lowest BCUT2D eigenvalue weighted by Gasteiger charge is -2.53. The molecule has 2 aromatic carbocycles. The van der Waals surface area contributed by atoms with Crippen LogP contribution < -0.4 is 11.1 Å². The van der Waals surface area contributed by atoms with Gasteiger partial charge in [0.25, 0.3) is 0 Å². The van der Waals surface area contributed by atoms with Crippen molar-refractivity contribution in [1.29, 1.82) is 0 Å². The minimum Gasteiger partial charge on any atom is -0.370 e. The monoisotopic (exact) mass is 423 g/mol. The number of hydrogen-bond donors (Lipinski definition) is 2. The quantitative estimate of drug-likeness (QED) is 0.511. The second-order valence-corrected chi connectivity index (χ2v) is 10.1. The van der Waals surface area contributed by atoms with Gasteiger partial charge in [-0.2, -0.15) is 0 Å². The molecule has 7 rings (SSSR count). The molecule has 5 aliphatic carbocycles. The minimum atomic E-state index is 0.431. The van der Waals surface area contributed by atoms with Crippen LogP contribution in [0.4, 0.5) is 5.69 Å². The molecule has 3 N–H and O–H groups in total. The molecule has 2 aromatic rings. The first-order chi connectivity index (χ1) is 13.2. The molecule has 0 radical (unpaired) electrons. The van der Waals surface area contributed by atoms with Crippen molar-refractivity contribution in [1.82, 2.24) is 0 Å². The van der Waals surface area contributed by atoms with Gasteiger partial charge in [0.1, 0.15) is 0 Å². The number of halogens is 1. The van der Waals surface area contributed by atoms with Crippen LogP contribution in [0.3, 0.4) is 0 Å². The zero-order valence-corrected chi connectivity index (χ0v) is 17.1. The molecule has 0 amide bonds. The predicted molar refractivity (Wildman–Crippen MR) is 115 cm³/mol. The lowest BCUT2D eigenvalue weighted by Crippen LogP contribution is -2.48. The number of aliphatic imine (C=N–C) groups is 1. The number of guanidine groups is 1. The number of anilines is 1. The molecule has 3 nitrogen and oxygen atoms in total. The largest absolute Gasteiger partial charge is 0.370 e. The molecule has 0 spiro atoms. The number of nitrogens with two attached hydrogens (primary N) is 1. The van der Waals surface area contributed by atoms with E-state index >= 15 is 0 Å². The lowest BCUT2D eigenvalue weighted by molar-refractivity contribution is 0.00124. The first-order valence-corrected chi connectivity index (χ1v) is 11.3. The van der Waals surface area contributed by atoms with Gasteiger partial charge in [-0.3, -0.25) is 0 Å². The maximum Gasteiger partial charge on any atom is 0.193 e. The summed E-state index contributed by atoms with van der Waals surface area (Å²) in [6.45, 7) is 0. The molecule has 4 fully saturated rings. The van der Waals surface area contributed by atoms with E-state index < -0.39 is 0 Å². The van der Waals surface area contributed by atoms with Crippen molar-refractivity contribution in [3.8, 4) is 0 Å². The van der Waals surface area contributed by atoms with Crippen LogP contribution >= 0.6 is 15.9 Å². The highest BCUT2D eigenvalue weighted by Gasteiger charge is 2.48. The molecule has 27 heavy (non-hydrogen) atoms. The average molecular weight is 424 g/mol. The highest BCUT2D eigenvalue weighted by atomic mass is 79.9. The maximum atomic E-state index is 6.46. The maximum absolute atomic E-state index is 6.46. The summed E-state index contributed by atoms with van der Waals surface area (Å²) in [6.07, 6.45) is 9.24. The molecule has 4 bridgehead atoms. The van der Waals surface area contributed by atoms with E-state index in [0.29, 0.717) is 12.0 Å². The van der Waals surface area contributed by atoms with Gasteiger partial charge in [-0.15, -0.1) is 0 Å². The molecular weight excluding hydrogens is 398 g/mol. The van der Waals surface area contributed by atoms with Crippen LogP contribution in [0.2, 0.25) is 0 Å². The van der Waals surface area contributed by atoms with Crippen LogP contribution in [-0.2, 0) is 12.8 Å². The SMILES string of the molecule is NC(=NC1C2CC3CC(C2)CC1C3)Nc1c(Br)cc2c3c(cccc13)CC2. The van der Waals surface area contributed by atoms with E-state index in [-0.39, 0.29) is 0 Å². The molecule has 0 unspecified atom stereocenters. The topological polar surface area (TPSA) is 50.4 Å². The average Bonchev–Trinajstić information content (AvgIpc) is 3.05. The van der Waals surface area contributed by atoms with E-state index in [1.165, 1.54) is 54.0 Å². The van der Waals surface area contributed by atoms with Crippen molar-refractivity contribution in [2.24, 2.45) is 34.4 Å². The van der Waals surface area contributed by atoms with Gasteiger partial charge >= 0.3 is 0 Å². The number of benzene rings is 2. The Morgan fingerprint density at radius 3 is 2.44 bits per heavy atom. The molecular formula is C23H26BrN3. The standard InChI is InChI=1S/C23H26BrN3/c24-19-11-15-5-4-14-2-1-3-18(20(14)15)22(19)27-23(25)26-21-16-7-12-6-13(9-16)10-17(21)8-12/h1-3,11-13,16-17,21H,4-10H2,(H3,25,26,27). The molecule has 140 valence electrons. The Morgan fingerprint density at radius 1 is 1.00 bits per heavy atom. The Labute approximate surface area is 168 Å². The van der Waals surface area contributed by atoms with Gasteiger partial charge in [-0.1, -0.05) is 18.2 Å². The summed E-state index contributed by atoms with van der Waals surface area (Å²) in [5, 5.41) is 6.14. The van der Waals surface area contributed by atoms with Gasteiger partial charge in [0.2, 0.25) is 0 Å². The first-order valence-electron chi connectivity index (χ1n) is 10.5. The van der Waals surface area contributed by atoms with Crippen molar-refractivity contribution in [2.75, 3.05) is 5.32 Å². The summed E-state index contributed by atoms with van der Waals surface area (Å²) >= 11 is 3.78. The minimum absolute atomic E-state index is 0.431. The molecule has 0 aromatic heterocycles. The third-order valence-electron chi connectivity index (χ3n) is 7.66. The third kappa shape index (κ3) is 2.55. The van der Waals surface area contributed by atoms with Gasteiger partial charge in [0, 0.05) is 9.86 Å². The molecule has 4 saturated carbocycles. The van der Waals surface area contributed by atoms with E-state index in [1.807, 2.05) is 0 Å². The van der Waals surface area contributed by atoms with Crippen LogP contribution in [0.1, 0.15) is 43.2 Å². The van der Waals surface area contributed by atoms with Crippen molar-refractivity contribution in [2.45, 2.75) is 51.0 Å². The number of nitrogens with zero attached hydrogens (tertiary/aromatic N) is 1. The van der Waals surface area contributed by atoms with Gasteiger partial charge in [-0.05, 0) is 107 Å². The van der Waals surface area contributed by atoms with Gasteiger partial charge in [0.05, 0.1) is 11.7 Å². The number of hydrogen-bond acceptors (Lipinski definition) is 1. The second-order valence-electron chi connectivity index (χ2n) is 9.29. The Balaban J connectivity index is 1.34. The Hall–Kier alpha value is -1.55. The van der Waals surface area contributed by atoms with E-state index in [9.17, 15) is 0 Å². The van der Waals surface area contributed by atoms with Gasteiger partial charge in [-0.25, -0.2) is 4.99 Å². The highest BCUT2D eigenvalue weighted by Crippen LogP contribution is 2.54. The van der Waals surface area contributed by atoms with E-state index in [1.54, 1.807) is 0 Å². The lowest BCUT2D eigenvalue weighted by atomic mass is 9.54. The Kier molecular flexibility index (Phi) is 3.63. The smallest absolute Gasteiger partial charge is 0.193 e. The predicted octanol–water partition coefficient (Wildman–Crippen LogP) is 5.25. The number of nitrogens with one attached hydrogen (secondary N) is 1. The normalized spacial score (nSPS) is 33.8. The highest BCUT2D eigenvalue weighted by molar-refractivity contribution is 9.10. The van der Waals surface area contributed by atoms with Crippen molar-refractivity contribution < 1.29 is 0 Å². The van der Waals surface area contributed by atoms with E-state index in [4.69, 9.17) is 10.7 Å². The van der Waals surface area contributed by atoms with Crippen LogP contribution in [0.25, 0.3) is 10.8 Å². The molecule has 0 aliphatic heterocycles. The molecule has 0 saturated heterocycles. The first kappa shape index (κ1) is 16.4. The summed E-state index contributed by atoms with van der Waals surface area (Å²) in [6, 6.07) is 9.31. The summed E-state index contributed by atoms with van der Waals surface area (Å²) in [5.41, 5.74) is 10.4. The number of aryl methyl sites for hydroxylation is 2. The number of rotatable bonds is 2. The Morgan fingerprint density at radius 2 is 1.70 bits per heavy atom. The molecule has 0 atom stereocenters. The summed E-state index contributed by atoms with van der Waals surface area (Å²) in [5.74, 6) is 4.06. The zero-order valence-electron chi connectivity index (χ0n) is 15.5. The fourth-order valence-electron chi connectivity index (χ4n) is 6.84. The van der Waals surface area contributed by atoms with Gasteiger partial charge in [0.15, 0.2) is 5.96 Å². The Bertz CT molecular complexity index is 936. The van der Waals surface area contributed by atoms with E-state index in [2.05, 4.69) is 45.5 Å². The fraction of sp³-hybridized carbons (Fsp3) is 0.522. The summed E-state index contributed by atoms with van der Waals surface area (Å²) in [7, 11) is 0. The van der Waals surface area contributed by atoms with E-state index in [0.717, 1.165) is 46.7 Å². The fourth-order valence-corrected chi connectivity index (χ4v) is 7.43. The van der Waals surface area contributed by atoms with Crippen LogP contribution in [0.5, 0.6) is 0 Å². The molecule has 5 aliphatic rings. The summed E-state index contributed by atoms with van der Waals surface area (Å²) < 4.78 is 1.09. The van der Waals surface area contributed by atoms with Crippen LogP contribution in [-0.4, -0.2) is 12.0 Å². The molecule has 4 heteroatoms. The molecule has 0 heterocycles. The van der Waals surface area contributed by atoms with Crippen LogP contribution in [0.15, 0.2) is 33.7 Å². The zero-order chi connectivity index (χ0) is 18.1. The van der Waals surface area contributed by atoms with Crippen molar-refractivity contribution >= 4 is 38.3 Å². The summed E-state index contributed by atoms with van der Waals surface area (Å²) in [4.78, 5) is 5.04.